The van der Waals surface area contributed by atoms with Crippen molar-refractivity contribution in [3.05, 3.63) is 24.3 Å². The molecule has 1 saturated heterocycles. The monoisotopic (exact) mass is 319 g/mol. The van der Waals surface area contributed by atoms with Crippen LogP contribution in [0.25, 0.3) is 11.0 Å². The van der Waals surface area contributed by atoms with Gasteiger partial charge in [0.1, 0.15) is 0 Å². The van der Waals surface area contributed by atoms with Gasteiger partial charge in [0, 0.05) is 13.7 Å². The van der Waals surface area contributed by atoms with Crippen LogP contribution < -0.4 is 5.32 Å². The van der Waals surface area contributed by atoms with E-state index < -0.39 is 6.10 Å². The van der Waals surface area contributed by atoms with E-state index in [9.17, 15) is 4.79 Å². The van der Waals surface area contributed by atoms with Gasteiger partial charge in [-0.05, 0) is 19.1 Å². The normalized spacial score (nSPS) is 21.5. The van der Waals surface area contributed by atoms with E-state index in [2.05, 4.69) is 10.3 Å². The van der Waals surface area contributed by atoms with Crippen LogP contribution in [0.15, 0.2) is 24.3 Å². The van der Waals surface area contributed by atoms with E-state index in [-0.39, 0.29) is 12.0 Å². The third-order valence-corrected chi connectivity index (χ3v) is 3.85. The second-order valence-corrected chi connectivity index (χ2v) is 5.43. The van der Waals surface area contributed by atoms with Crippen molar-refractivity contribution >= 4 is 22.9 Å². The number of benzene rings is 1. The van der Waals surface area contributed by atoms with E-state index in [4.69, 9.17) is 14.2 Å². The molecule has 1 fully saturated rings. The molecule has 2 heterocycles. The molecule has 2 aromatic rings. The molecule has 3 rings (SSSR count). The second-order valence-electron chi connectivity index (χ2n) is 5.43. The molecule has 1 aromatic carbocycles. The average molecular weight is 319 g/mol. The number of carbonyl (C=O) groups excluding carboxylic acids is 1. The lowest BCUT2D eigenvalue weighted by atomic mass is 10.2. The summed E-state index contributed by atoms with van der Waals surface area (Å²) >= 11 is 0. The van der Waals surface area contributed by atoms with Crippen LogP contribution in [-0.2, 0) is 25.5 Å². The van der Waals surface area contributed by atoms with Gasteiger partial charge < -0.3 is 18.8 Å². The highest BCUT2D eigenvalue weighted by molar-refractivity contribution is 5.95. The molecule has 1 aromatic heterocycles. The minimum absolute atomic E-state index is 0.244. The number of hydrogen-bond donors (Lipinski definition) is 1. The lowest BCUT2D eigenvalue weighted by molar-refractivity contribution is -0.157. The summed E-state index contributed by atoms with van der Waals surface area (Å²) in [5.41, 5.74) is 1.78. The molecule has 7 nitrogen and oxygen atoms in total. The number of aromatic nitrogens is 2. The van der Waals surface area contributed by atoms with Gasteiger partial charge in [-0.15, -0.1) is 0 Å². The van der Waals surface area contributed by atoms with E-state index in [0.29, 0.717) is 32.3 Å². The lowest BCUT2D eigenvalue weighted by Crippen LogP contribution is -2.45. The van der Waals surface area contributed by atoms with E-state index in [0.717, 1.165) is 11.0 Å². The molecule has 23 heavy (non-hydrogen) atoms. The van der Waals surface area contributed by atoms with Gasteiger partial charge in [-0.3, -0.25) is 10.1 Å². The second kappa shape index (κ2) is 7.08. The van der Waals surface area contributed by atoms with Crippen LogP contribution in [0.4, 0.5) is 5.95 Å². The summed E-state index contributed by atoms with van der Waals surface area (Å²) in [5, 5.41) is 2.86. The summed E-state index contributed by atoms with van der Waals surface area (Å²) in [5.74, 6) is 0.251. The lowest BCUT2D eigenvalue weighted by Gasteiger charge is -2.28. The molecule has 1 aliphatic rings. The number of imidazole rings is 1. The third kappa shape index (κ3) is 3.36. The first kappa shape index (κ1) is 15.9. The highest BCUT2D eigenvalue weighted by atomic mass is 16.6. The maximum Gasteiger partial charge on any atom is 0.258 e. The molecule has 7 heteroatoms. The fourth-order valence-corrected chi connectivity index (χ4v) is 2.68. The maximum absolute atomic E-state index is 12.5. The Hall–Kier alpha value is -1.96. The minimum Gasteiger partial charge on any atom is -0.383 e. The maximum atomic E-state index is 12.5. The van der Waals surface area contributed by atoms with Crippen LogP contribution in [0.5, 0.6) is 0 Å². The van der Waals surface area contributed by atoms with Crippen molar-refractivity contribution in [2.24, 2.45) is 0 Å². The zero-order chi connectivity index (χ0) is 16.2. The Labute approximate surface area is 134 Å². The summed E-state index contributed by atoms with van der Waals surface area (Å²) in [6, 6.07) is 7.74. The fraction of sp³-hybridized carbons (Fsp3) is 0.500. The van der Waals surface area contributed by atoms with Crippen LogP contribution in [0, 0.1) is 0 Å². The minimum atomic E-state index is -0.626. The molecular weight excluding hydrogens is 298 g/mol. The number of amides is 1. The number of carbonyl (C=O) groups is 1. The number of methoxy groups -OCH3 is 1. The Morgan fingerprint density at radius 2 is 2.17 bits per heavy atom. The molecular formula is C16H21N3O4. The van der Waals surface area contributed by atoms with E-state index >= 15 is 0 Å². The number of para-hydroxylation sites is 2. The van der Waals surface area contributed by atoms with Crippen molar-refractivity contribution in [3.8, 4) is 0 Å². The Morgan fingerprint density at radius 3 is 2.96 bits per heavy atom. The summed E-state index contributed by atoms with van der Waals surface area (Å²) in [4.78, 5) is 17.0. The van der Waals surface area contributed by atoms with E-state index in [1.807, 2.05) is 35.8 Å². The molecule has 0 radical (unpaired) electrons. The SMILES string of the molecule is COCCn1c(NC(=O)[C@@H]2OCCO[C@@H]2C)nc2ccccc21. The predicted octanol–water partition coefficient (Wildman–Crippen LogP) is 1.43. The first-order valence-electron chi connectivity index (χ1n) is 7.69. The van der Waals surface area contributed by atoms with Gasteiger partial charge in [-0.1, -0.05) is 12.1 Å². The predicted molar refractivity (Wildman–Crippen MR) is 85.4 cm³/mol. The standard InChI is InChI=1S/C16H21N3O4/c1-11-14(23-10-9-22-11)15(20)18-16-17-12-5-3-4-6-13(12)19(16)7-8-21-2/h3-6,11,14H,7-10H2,1-2H3,(H,17,18,20)/t11-,14-/m1/s1. The molecule has 0 aliphatic carbocycles. The van der Waals surface area contributed by atoms with Gasteiger partial charge in [0.2, 0.25) is 5.95 Å². The molecule has 124 valence electrons. The summed E-state index contributed by atoms with van der Waals surface area (Å²) in [7, 11) is 1.65. The molecule has 0 unspecified atom stereocenters. The Balaban J connectivity index is 1.84. The van der Waals surface area contributed by atoms with Crippen molar-refractivity contribution < 1.29 is 19.0 Å². The van der Waals surface area contributed by atoms with Crippen LogP contribution >= 0.6 is 0 Å². The Bertz CT molecular complexity index is 685. The van der Waals surface area contributed by atoms with Crippen LogP contribution in [0.3, 0.4) is 0 Å². The highest BCUT2D eigenvalue weighted by Crippen LogP contribution is 2.20. The number of nitrogens with zero attached hydrogens (tertiary/aromatic N) is 2. The largest absolute Gasteiger partial charge is 0.383 e. The van der Waals surface area contributed by atoms with Crippen molar-refractivity contribution in [1.29, 1.82) is 0 Å². The summed E-state index contributed by atoms with van der Waals surface area (Å²) in [6.45, 7) is 3.89. The molecule has 0 saturated carbocycles. The first-order chi connectivity index (χ1) is 11.2. The number of nitrogens with one attached hydrogen (secondary N) is 1. The molecule has 0 bridgehead atoms. The van der Waals surface area contributed by atoms with Crippen molar-refractivity contribution in [2.75, 3.05) is 32.2 Å². The van der Waals surface area contributed by atoms with E-state index in [1.165, 1.54) is 0 Å². The fourth-order valence-electron chi connectivity index (χ4n) is 2.68. The molecule has 2 atom stereocenters. The summed E-state index contributed by atoms with van der Waals surface area (Å²) < 4.78 is 18.1. The smallest absolute Gasteiger partial charge is 0.258 e. The average Bonchev–Trinajstić information content (AvgIpc) is 2.90. The van der Waals surface area contributed by atoms with E-state index in [1.54, 1.807) is 7.11 Å². The van der Waals surface area contributed by atoms with Crippen molar-refractivity contribution in [1.82, 2.24) is 9.55 Å². The first-order valence-corrected chi connectivity index (χ1v) is 7.69. The zero-order valence-electron chi connectivity index (χ0n) is 13.3. The molecule has 1 amide bonds. The zero-order valence-corrected chi connectivity index (χ0v) is 13.3. The van der Waals surface area contributed by atoms with Gasteiger partial charge in [0.05, 0.1) is 37.0 Å². The number of fused-ring (bicyclic) bond motifs is 1. The van der Waals surface area contributed by atoms with Gasteiger partial charge >= 0.3 is 0 Å². The third-order valence-electron chi connectivity index (χ3n) is 3.85. The Kier molecular flexibility index (Phi) is 4.90. The van der Waals surface area contributed by atoms with Gasteiger partial charge in [0.15, 0.2) is 6.10 Å². The van der Waals surface area contributed by atoms with Crippen molar-refractivity contribution in [2.45, 2.75) is 25.7 Å². The van der Waals surface area contributed by atoms with Gasteiger partial charge in [-0.2, -0.15) is 0 Å². The quantitative estimate of drug-likeness (QED) is 0.902. The van der Waals surface area contributed by atoms with Crippen LogP contribution in [0.2, 0.25) is 0 Å². The number of rotatable bonds is 5. The van der Waals surface area contributed by atoms with Crippen LogP contribution in [-0.4, -0.2) is 54.6 Å². The number of ether oxygens (including phenoxy) is 3. The molecule has 1 N–H and O–H groups in total. The molecule has 0 spiro atoms. The van der Waals surface area contributed by atoms with Gasteiger partial charge in [0.25, 0.3) is 5.91 Å². The number of anilines is 1. The van der Waals surface area contributed by atoms with Crippen LogP contribution in [0.1, 0.15) is 6.92 Å². The highest BCUT2D eigenvalue weighted by Gasteiger charge is 2.30. The molecule has 1 aliphatic heterocycles. The Morgan fingerprint density at radius 1 is 1.39 bits per heavy atom. The number of hydrogen-bond acceptors (Lipinski definition) is 5. The summed E-state index contributed by atoms with van der Waals surface area (Å²) in [6.07, 6.45) is -0.903. The van der Waals surface area contributed by atoms with Gasteiger partial charge in [-0.25, -0.2) is 4.98 Å². The topological polar surface area (TPSA) is 74.6 Å². The van der Waals surface area contributed by atoms with Crippen molar-refractivity contribution in [3.63, 3.8) is 0 Å².